The van der Waals surface area contributed by atoms with E-state index in [9.17, 15) is 9.90 Å². The highest BCUT2D eigenvalue weighted by atomic mass is 16.3. The van der Waals surface area contributed by atoms with E-state index in [1.54, 1.807) is 18.7 Å². The molecule has 0 saturated carbocycles. The molecule has 0 spiro atoms. The summed E-state index contributed by atoms with van der Waals surface area (Å²) in [6.45, 7) is 4.92. The molecular formula is C10H20N2O2. The molecule has 1 aliphatic heterocycles. The van der Waals surface area contributed by atoms with Gasteiger partial charge in [-0.3, -0.25) is 4.79 Å². The van der Waals surface area contributed by atoms with Crippen LogP contribution in [0, 0.1) is 5.92 Å². The van der Waals surface area contributed by atoms with Crippen LogP contribution in [0.1, 0.15) is 26.7 Å². The maximum absolute atomic E-state index is 11.6. The smallest absolute Gasteiger partial charge is 0.239 e. The number of carbonyl (C=O) groups excluding carboxylic acids is 1. The number of hydrogen-bond acceptors (Lipinski definition) is 3. The fourth-order valence-electron chi connectivity index (χ4n) is 1.89. The summed E-state index contributed by atoms with van der Waals surface area (Å²) in [5, 5.41) is 9.45. The van der Waals surface area contributed by atoms with Gasteiger partial charge in [0.1, 0.15) is 0 Å². The van der Waals surface area contributed by atoms with Crippen LogP contribution in [-0.2, 0) is 4.79 Å². The summed E-state index contributed by atoms with van der Waals surface area (Å²) in [6.07, 6.45) is 1.63. The molecule has 1 saturated heterocycles. The number of carbonyl (C=O) groups is 1. The second-order valence-corrected chi connectivity index (χ2v) is 4.22. The van der Waals surface area contributed by atoms with Gasteiger partial charge in [0.05, 0.1) is 12.1 Å². The molecule has 82 valence electrons. The van der Waals surface area contributed by atoms with Gasteiger partial charge in [0, 0.05) is 19.0 Å². The predicted molar refractivity (Wildman–Crippen MR) is 54.6 cm³/mol. The molecule has 14 heavy (non-hydrogen) atoms. The van der Waals surface area contributed by atoms with E-state index >= 15 is 0 Å². The van der Waals surface area contributed by atoms with Crippen molar-refractivity contribution in [1.82, 2.24) is 4.90 Å². The highest BCUT2D eigenvalue weighted by Crippen LogP contribution is 2.19. The highest BCUT2D eigenvalue weighted by molar-refractivity contribution is 5.81. The molecule has 1 amide bonds. The monoisotopic (exact) mass is 200 g/mol. The Kier molecular flexibility index (Phi) is 3.89. The van der Waals surface area contributed by atoms with Crippen molar-refractivity contribution >= 4 is 5.91 Å². The van der Waals surface area contributed by atoms with Crippen LogP contribution in [-0.4, -0.2) is 41.1 Å². The Hall–Kier alpha value is -0.610. The molecule has 1 rings (SSSR count). The van der Waals surface area contributed by atoms with Crippen LogP contribution in [0.25, 0.3) is 0 Å². The van der Waals surface area contributed by atoms with Crippen molar-refractivity contribution in [2.24, 2.45) is 11.7 Å². The first-order chi connectivity index (χ1) is 6.52. The zero-order chi connectivity index (χ0) is 10.7. The predicted octanol–water partition coefficient (Wildman–Crippen LogP) is -0.0470. The summed E-state index contributed by atoms with van der Waals surface area (Å²) in [7, 11) is 0. The Bertz CT molecular complexity index is 204. The fourth-order valence-corrected chi connectivity index (χ4v) is 1.89. The number of piperidine rings is 1. The Balaban J connectivity index is 2.51. The third kappa shape index (κ3) is 2.69. The molecule has 4 heteroatoms. The third-order valence-electron chi connectivity index (χ3n) is 2.84. The minimum Gasteiger partial charge on any atom is -0.393 e. The van der Waals surface area contributed by atoms with Gasteiger partial charge in [0.2, 0.25) is 5.91 Å². The molecule has 3 atom stereocenters. The average molecular weight is 200 g/mol. The van der Waals surface area contributed by atoms with E-state index in [0.29, 0.717) is 6.54 Å². The first-order valence-corrected chi connectivity index (χ1v) is 5.24. The molecule has 1 aliphatic rings. The van der Waals surface area contributed by atoms with E-state index in [1.165, 1.54) is 0 Å². The second-order valence-electron chi connectivity index (χ2n) is 4.22. The quantitative estimate of drug-likeness (QED) is 0.657. The summed E-state index contributed by atoms with van der Waals surface area (Å²) in [5.74, 6) is 0.210. The minimum absolute atomic E-state index is 0.00431. The number of likely N-dealkylation sites (tertiary alicyclic amines) is 1. The van der Waals surface area contributed by atoms with E-state index in [-0.39, 0.29) is 17.9 Å². The maximum atomic E-state index is 11.6. The van der Waals surface area contributed by atoms with Gasteiger partial charge in [-0.15, -0.1) is 0 Å². The van der Waals surface area contributed by atoms with E-state index in [0.717, 1.165) is 19.4 Å². The van der Waals surface area contributed by atoms with Crippen molar-refractivity contribution in [3.8, 4) is 0 Å². The lowest BCUT2D eigenvalue weighted by Crippen LogP contribution is -2.48. The first kappa shape index (κ1) is 11.5. The molecule has 4 nitrogen and oxygen atoms in total. The third-order valence-corrected chi connectivity index (χ3v) is 2.84. The van der Waals surface area contributed by atoms with Gasteiger partial charge in [-0.05, 0) is 26.7 Å². The highest BCUT2D eigenvalue weighted by Gasteiger charge is 2.27. The summed E-state index contributed by atoms with van der Waals surface area (Å²) in [6, 6.07) is -0.428. The molecular weight excluding hydrogens is 180 g/mol. The Morgan fingerprint density at radius 3 is 2.71 bits per heavy atom. The van der Waals surface area contributed by atoms with Crippen molar-refractivity contribution in [1.29, 1.82) is 0 Å². The summed E-state index contributed by atoms with van der Waals surface area (Å²) >= 11 is 0. The molecule has 0 unspecified atom stereocenters. The lowest BCUT2D eigenvalue weighted by atomic mass is 9.93. The second kappa shape index (κ2) is 4.75. The molecule has 0 radical (unpaired) electrons. The first-order valence-electron chi connectivity index (χ1n) is 5.24. The van der Waals surface area contributed by atoms with Crippen LogP contribution in [0.15, 0.2) is 0 Å². The zero-order valence-electron chi connectivity index (χ0n) is 8.94. The van der Waals surface area contributed by atoms with Gasteiger partial charge in [0.25, 0.3) is 0 Å². The Morgan fingerprint density at radius 2 is 2.21 bits per heavy atom. The van der Waals surface area contributed by atoms with Crippen LogP contribution >= 0.6 is 0 Å². The van der Waals surface area contributed by atoms with Gasteiger partial charge in [-0.25, -0.2) is 0 Å². The molecule has 0 bridgehead atoms. The van der Waals surface area contributed by atoms with E-state index in [1.807, 2.05) is 0 Å². The zero-order valence-corrected chi connectivity index (χ0v) is 8.94. The van der Waals surface area contributed by atoms with Crippen molar-refractivity contribution in [2.75, 3.05) is 13.1 Å². The standard InChI is InChI=1S/C10H20N2O2/c1-7(11)10(14)12-5-3-4-9(6-12)8(2)13/h7-9,13H,3-6,11H2,1-2H3/t7-,8+,9+/m0/s1. The Labute approximate surface area is 85.1 Å². The van der Waals surface area contributed by atoms with Crippen LogP contribution in [0.4, 0.5) is 0 Å². The van der Waals surface area contributed by atoms with Crippen LogP contribution < -0.4 is 5.73 Å². The van der Waals surface area contributed by atoms with Crippen LogP contribution in [0.3, 0.4) is 0 Å². The molecule has 0 aromatic carbocycles. The van der Waals surface area contributed by atoms with Gasteiger partial charge in [-0.2, -0.15) is 0 Å². The summed E-state index contributed by atoms with van der Waals surface area (Å²) in [4.78, 5) is 13.4. The number of aliphatic hydroxyl groups excluding tert-OH is 1. The number of rotatable bonds is 2. The molecule has 0 aliphatic carbocycles. The Morgan fingerprint density at radius 1 is 1.57 bits per heavy atom. The summed E-state index contributed by atoms with van der Waals surface area (Å²) in [5.41, 5.74) is 5.53. The van der Waals surface area contributed by atoms with Gasteiger partial charge in [-0.1, -0.05) is 0 Å². The minimum atomic E-state index is -0.428. The number of aliphatic hydroxyl groups is 1. The van der Waals surface area contributed by atoms with Gasteiger partial charge >= 0.3 is 0 Å². The lowest BCUT2D eigenvalue weighted by molar-refractivity contribution is -0.134. The average Bonchev–Trinajstić information content (AvgIpc) is 2.16. The SMILES string of the molecule is C[C@H](N)C(=O)N1CCC[C@@H]([C@@H](C)O)C1. The molecule has 3 N–H and O–H groups in total. The van der Waals surface area contributed by atoms with E-state index in [2.05, 4.69) is 0 Å². The summed E-state index contributed by atoms with van der Waals surface area (Å²) < 4.78 is 0. The largest absolute Gasteiger partial charge is 0.393 e. The van der Waals surface area contributed by atoms with Crippen molar-refractivity contribution < 1.29 is 9.90 Å². The van der Waals surface area contributed by atoms with E-state index in [4.69, 9.17) is 5.73 Å². The lowest BCUT2D eigenvalue weighted by Gasteiger charge is -2.35. The number of hydrogen-bond donors (Lipinski definition) is 2. The number of nitrogens with two attached hydrogens (primary N) is 1. The topological polar surface area (TPSA) is 66.6 Å². The van der Waals surface area contributed by atoms with Crippen molar-refractivity contribution in [2.45, 2.75) is 38.8 Å². The van der Waals surface area contributed by atoms with Crippen LogP contribution in [0.2, 0.25) is 0 Å². The fraction of sp³-hybridized carbons (Fsp3) is 0.900. The van der Waals surface area contributed by atoms with Gasteiger partial charge < -0.3 is 15.7 Å². The van der Waals surface area contributed by atoms with E-state index < -0.39 is 6.04 Å². The van der Waals surface area contributed by atoms with Crippen LogP contribution in [0.5, 0.6) is 0 Å². The molecule has 1 heterocycles. The molecule has 1 fully saturated rings. The molecule has 0 aromatic rings. The number of amides is 1. The normalized spacial score (nSPS) is 27.1. The van der Waals surface area contributed by atoms with Crippen molar-refractivity contribution in [3.05, 3.63) is 0 Å². The van der Waals surface area contributed by atoms with Crippen molar-refractivity contribution in [3.63, 3.8) is 0 Å². The molecule has 0 aromatic heterocycles. The van der Waals surface area contributed by atoms with Gasteiger partial charge in [0.15, 0.2) is 0 Å². The maximum Gasteiger partial charge on any atom is 0.239 e. The number of nitrogens with zero attached hydrogens (tertiary/aromatic N) is 1.